The summed E-state index contributed by atoms with van der Waals surface area (Å²) in [7, 11) is 0. The highest BCUT2D eigenvalue weighted by atomic mass is 19.4. The zero-order valence-electron chi connectivity index (χ0n) is 13.7. The van der Waals surface area contributed by atoms with Crippen LogP contribution in [0.4, 0.5) is 19.0 Å². The summed E-state index contributed by atoms with van der Waals surface area (Å²) in [5.41, 5.74) is 0. The van der Waals surface area contributed by atoms with Crippen molar-refractivity contribution in [2.45, 2.75) is 26.1 Å². The van der Waals surface area contributed by atoms with E-state index in [1.54, 1.807) is 23.0 Å². The molecular formula is C16H18F3N3O3. The van der Waals surface area contributed by atoms with Crippen molar-refractivity contribution >= 4 is 11.7 Å². The number of para-hydroxylation sites is 2. The molecule has 0 saturated heterocycles. The average molecular weight is 357 g/mol. The number of hydrogen-bond donors (Lipinski definition) is 1. The Kier molecular flexibility index (Phi) is 5.89. The van der Waals surface area contributed by atoms with Crippen LogP contribution in [0.15, 0.2) is 36.5 Å². The van der Waals surface area contributed by atoms with E-state index in [2.05, 4.69) is 10.4 Å². The highest BCUT2D eigenvalue weighted by molar-refractivity contribution is 5.91. The highest BCUT2D eigenvalue weighted by Crippen LogP contribution is 2.28. The Hall–Kier alpha value is -2.71. The highest BCUT2D eigenvalue weighted by Gasteiger charge is 2.29. The summed E-state index contributed by atoms with van der Waals surface area (Å²) >= 11 is 0. The largest absolute Gasteiger partial charge is 0.480 e. The maximum atomic E-state index is 12.3. The predicted octanol–water partition coefficient (Wildman–Crippen LogP) is 3.42. The van der Waals surface area contributed by atoms with Crippen molar-refractivity contribution in [1.82, 2.24) is 9.78 Å². The number of hydrogen-bond acceptors (Lipinski definition) is 4. The molecule has 0 unspecified atom stereocenters. The number of ether oxygens (including phenoxy) is 2. The van der Waals surface area contributed by atoms with Crippen molar-refractivity contribution in [3.05, 3.63) is 36.5 Å². The molecule has 0 spiro atoms. The van der Waals surface area contributed by atoms with Gasteiger partial charge in [0.25, 0.3) is 5.91 Å². The summed E-state index contributed by atoms with van der Waals surface area (Å²) in [6.07, 6.45) is -2.91. The van der Waals surface area contributed by atoms with E-state index in [9.17, 15) is 18.0 Å². The van der Waals surface area contributed by atoms with Gasteiger partial charge in [0.1, 0.15) is 5.82 Å². The molecule has 9 heteroatoms. The molecule has 1 aromatic carbocycles. The van der Waals surface area contributed by atoms with Gasteiger partial charge in [0, 0.05) is 12.1 Å². The van der Waals surface area contributed by atoms with Gasteiger partial charge >= 0.3 is 6.18 Å². The Labute approximate surface area is 142 Å². The summed E-state index contributed by atoms with van der Waals surface area (Å²) in [5, 5.41) is 6.72. The minimum Gasteiger partial charge on any atom is -0.480 e. The fourth-order valence-electron chi connectivity index (χ4n) is 2.00. The molecule has 0 fully saturated rings. The van der Waals surface area contributed by atoms with Crippen molar-refractivity contribution in [3.8, 4) is 11.5 Å². The maximum Gasteiger partial charge on any atom is 0.422 e. The number of anilines is 1. The Morgan fingerprint density at radius 1 is 1.20 bits per heavy atom. The third kappa shape index (κ3) is 5.70. The molecule has 0 aliphatic carbocycles. The molecule has 0 aliphatic heterocycles. The summed E-state index contributed by atoms with van der Waals surface area (Å²) in [5.74, 6) is 0.0114. The van der Waals surface area contributed by atoms with Gasteiger partial charge in [-0.25, -0.2) is 4.68 Å². The fraction of sp³-hybridized carbons (Fsp3) is 0.375. The molecule has 0 radical (unpaired) electrons. The van der Waals surface area contributed by atoms with Crippen LogP contribution in [-0.4, -0.2) is 35.1 Å². The minimum atomic E-state index is -4.46. The van der Waals surface area contributed by atoms with Crippen LogP contribution in [-0.2, 0) is 4.79 Å². The van der Waals surface area contributed by atoms with E-state index < -0.39 is 18.7 Å². The Bertz CT molecular complexity index is 714. The number of rotatable bonds is 7. The number of carbonyl (C=O) groups is 1. The number of carbonyl (C=O) groups excluding carboxylic acids is 1. The van der Waals surface area contributed by atoms with Crippen LogP contribution < -0.4 is 14.8 Å². The van der Waals surface area contributed by atoms with Gasteiger partial charge in [-0.1, -0.05) is 12.1 Å². The number of alkyl halides is 3. The van der Waals surface area contributed by atoms with E-state index in [1.807, 2.05) is 13.8 Å². The fourth-order valence-corrected chi connectivity index (χ4v) is 2.00. The second kappa shape index (κ2) is 7.91. The first-order chi connectivity index (χ1) is 11.8. The quantitative estimate of drug-likeness (QED) is 0.825. The van der Waals surface area contributed by atoms with Gasteiger partial charge in [0.2, 0.25) is 0 Å². The molecule has 0 aliphatic rings. The van der Waals surface area contributed by atoms with Crippen LogP contribution in [0.1, 0.15) is 19.9 Å². The third-order valence-electron chi connectivity index (χ3n) is 3.03. The molecule has 1 N–H and O–H groups in total. The van der Waals surface area contributed by atoms with Gasteiger partial charge in [-0.3, -0.25) is 4.79 Å². The first-order valence-corrected chi connectivity index (χ1v) is 7.51. The molecule has 1 amide bonds. The standard InChI is InChI=1S/C16H18F3N3O3/c1-11(2)22-14(7-8-20-22)21-15(23)9-24-12-5-3-4-6-13(12)25-10-16(17,18)19/h3-8,11H,9-10H2,1-2H3,(H,21,23). The van der Waals surface area contributed by atoms with E-state index in [4.69, 9.17) is 9.47 Å². The molecule has 2 aromatic rings. The summed E-state index contributed by atoms with van der Waals surface area (Å²) in [4.78, 5) is 12.0. The van der Waals surface area contributed by atoms with Gasteiger partial charge in [-0.15, -0.1) is 0 Å². The van der Waals surface area contributed by atoms with Crippen molar-refractivity contribution in [3.63, 3.8) is 0 Å². The van der Waals surface area contributed by atoms with Gasteiger partial charge in [0.05, 0.1) is 6.20 Å². The zero-order valence-corrected chi connectivity index (χ0v) is 13.7. The Balaban J connectivity index is 1.94. The molecule has 0 atom stereocenters. The number of halogens is 3. The smallest absolute Gasteiger partial charge is 0.422 e. The van der Waals surface area contributed by atoms with Gasteiger partial charge in [-0.2, -0.15) is 18.3 Å². The minimum absolute atomic E-state index is 0.0549. The van der Waals surface area contributed by atoms with Crippen LogP contribution in [0.5, 0.6) is 11.5 Å². The SMILES string of the molecule is CC(C)n1nccc1NC(=O)COc1ccccc1OCC(F)(F)F. The van der Waals surface area contributed by atoms with Crippen LogP contribution in [0.3, 0.4) is 0 Å². The maximum absolute atomic E-state index is 12.3. The van der Waals surface area contributed by atoms with Crippen molar-refractivity contribution in [1.29, 1.82) is 0 Å². The zero-order chi connectivity index (χ0) is 18.4. The van der Waals surface area contributed by atoms with E-state index in [1.165, 1.54) is 18.2 Å². The van der Waals surface area contributed by atoms with E-state index >= 15 is 0 Å². The van der Waals surface area contributed by atoms with Gasteiger partial charge in [0.15, 0.2) is 24.7 Å². The predicted molar refractivity (Wildman–Crippen MR) is 84.7 cm³/mol. The first-order valence-electron chi connectivity index (χ1n) is 7.51. The average Bonchev–Trinajstić information content (AvgIpc) is 2.99. The number of amides is 1. The van der Waals surface area contributed by atoms with E-state index in [-0.39, 0.29) is 24.1 Å². The van der Waals surface area contributed by atoms with E-state index in [0.717, 1.165) is 0 Å². The number of nitrogens with zero attached hydrogens (tertiary/aromatic N) is 2. The second-order valence-corrected chi connectivity index (χ2v) is 5.44. The van der Waals surface area contributed by atoms with Crippen molar-refractivity contribution in [2.24, 2.45) is 0 Å². The molecular weight excluding hydrogens is 339 g/mol. The number of aromatic nitrogens is 2. The first kappa shape index (κ1) is 18.6. The summed E-state index contributed by atoms with van der Waals surface area (Å²) in [6, 6.07) is 7.55. The molecule has 25 heavy (non-hydrogen) atoms. The summed E-state index contributed by atoms with van der Waals surface area (Å²) < 4.78 is 48.4. The lowest BCUT2D eigenvalue weighted by Crippen LogP contribution is -2.23. The van der Waals surface area contributed by atoms with Crippen LogP contribution in [0.2, 0.25) is 0 Å². The Morgan fingerprint density at radius 3 is 2.44 bits per heavy atom. The van der Waals surface area contributed by atoms with Crippen LogP contribution in [0.25, 0.3) is 0 Å². The lowest BCUT2D eigenvalue weighted by atomic mass is 10.3. The van der Waals surface area contributed by atoms with E-state index in [0.29, 0.717) is 5.82 Å². The molecule has 0 saturated carbocycles. The summed E-state index contributed by atoms with van der Waals surface area (Å²) in [6.45, 7) is 2.00. The normalized spacial score (nSPS) is 11.4. The number of nitrogens with one attached hydrogen (secondary N) is 1. The molecule has 136 valence electrons. The van der Waals surface area contributed by atoms with Crippen molar-refractivity contribution < 1.29 is 27.4 Å². The number of benzene rings is 1. The Morgan fingerprint density at radius 2 is 1.84 bits per heavy atom. The lowest BCUT2D eigenvalue weighted by molar-refractivity contribution is -0.153. The molecule has 1 heterocycles. The van der Waals surface area contributed by atoms with Crippen LogP contribution >= 0.6 is 0 Å². The van der Waals surface area contributed by atoms with Crippen LogP contribution in [0, 0.1) is 0 Å². The van der Waals surface area contributed by atoms with Gasteiger partial charge < -0.3 is 14.8 Å². The molecule has 2 rings (SSSR count). The lowest BCUT2D eigenvalue weighted by Gasteiger charge is -2.14. The topological polar surface area (TPSA) is 65.4 Å². The monoisotopic (exact) mass is 357 g/mol. The third-order valence-corrected chi connectivity index (χ3v) is 3.03. The van der Waals surface area contributed by atoms with Gasteiger partial charge in [-0.05, 0) is 26.0 Å². The van der Waals surface area contributed by atoms with Crippen molar-refractivity contribution in [2.75, 3.05) is 18.5 Å². The second-order valence-electron chi connectivity index (χ2n) is 5.44. The molecule has 6 nitrogen and oxygen atoms in total. The molecule has 1 aromatic heterocycles. The molecule has 0 bridgehead atoms.